The molecule has 1 unspecified atom stereocenters. The maximum absolute atomic E-state index is 13.4. The summed E-state index contributed by atoms with van der Waals surface area (Å²) in [6.07, 6.45) is 1.57. The predicted octanol–water partition coefficient (Wildman–Crippen LogP) is 3.53. The zero-order valence-corrected chi connectivity index (χ0v) is 15.5. The first kappa shape index (κ1) is 17.5. The van der Waals surface area contributed by atoms with Gasteiger partial charge in [-0.25, -0.2) is 12.4 Å². The molecule has 2 heterocycles. The lowest BCUT2D eigenvalue weighted by Crippen LogP contribution is -2.30. The maximum Gasteiger partial charge on any atom is 0.268 e. The van der Waals surface area contributed by atoms with Gasteiger partial charge in [0.2, 0.25) is 0 Å². The number of hydrogen-bond acceptors (Lipinski definition) is 4. The Morgan fingerprint density at radius 2 is 1.59 bits per heavy atom. The van der Waals surface area contributed by atoms with E-state index < -0.39 is 15.6 Å². The Kier molecular flexibility index (Phi) is 4.09. The van der Waals surface area contributed by atoms with Crippen LogP contribution in [0.25, 0.3) is 10.9 Å². The van der Waals surface area contributed by atoms with Crippen LogP contribution in [0.2, 0.25) is 0 Å². The van der Waals surface area contributed by atoms with Crippen LogP contribution in [0.1, 0.15) is 18.3 Å². The fourth-order valence-electron chi connectivity index (χ4n) is 3.21. The number of aromatic nitrogens is 2. The van der Waals surface area contributed by atoms with E-state index in [4.69, 9.17) is 0 Å². The quantitative estimate of drug-likeness (QED) is 0.590. The summed E-state index contributed by atoms with van der Waals surface area (Å²) < 4.78 is 28.1. The van der Waals surface area contributed by atoms with Gasteiger partial charge in [0.25, 0.3) is 10.0 Å². The molecule has 0 aliphatic heterocycles. The molecule has 4 aromatic rings. The highest BCUT2D eigenvalue weighted by atomic mass is 32.2. The van der Waals surface area contributed by atoms with Gasteiger partial charge in [0.15, 0.2) is 0 Å². The van der Waals surface area contributed by atoms with Crippen LogP contribution >= 0.6 is 0 Å². The number of benzene rings is 2. The summed E-state index contributed by atoms with van der Waals surface area (Å²) in [6, 6.07) is 22.2. The van der Waals surface area contributed by atoms with Crippen LogP contribution in [-0.2, 0) is 15.6 Å². The molecular formula is C21H18N2O3S. The topological polar surface area (TPSA) is 72.2 Å². The van der Waals surface area contributed by atoms with Crippen LogP contribution in [0.4, 0.5) is 0 Å². The fourth-order valence-corrected chi connectivity index (χ4v) is 4.83. The van der Waals surface area contributed by atoms with E-state index in [-0.39, 0.29) is 10.6 Å². The molecule has 1 N–H and O–H groups in total. The molecule has 0 fully saturated rings. The zero-order chi connectivity index (χ0) is 19.1. The summed E-state index contributed by atoms with van der Waals surface area (Å²) in [6.45, 7) is 1.56. The molecule has 0 aliphatic rings. The third-order valence-electron chi connectivity index (χ3n) is 4.61. The van der Waals surface area contributed by atoms with Crippen molar-refractivity contribution in [2.75, 3.05) is 0 Å². The number of nitrogens with zero attached hydrogens (tertiary/aromatic N) is 2. The third-order valence-corrected chi connectivity index (χ3v) is 6.35. The average Bonchev–Trinajstić information content (AvgIpc) is 3.11. The van der Waals surface area contributed by atoms with Crippen LogP contribution < -0.4 is 0 Å². The molecule has 0 aliphatic carbocycles. The van der Waals surface area contributed by atoms with Crippen molar-refractivity contribution in [2.24, 2.45) is 0 Å². The molecule has 1 atom stereocenters. The van der Waals surface area contributed by atoms with E-state index in [1.807, 2.05) is 12.1 Å². The van der Waals surface area contributed by atoms with Gasteiger partial charge in [-0.3, -0.25) is 4.98 Å². The first-order valence-corrected chi connectivity index (χ1v) is 9.92. The Hall–Kier alpha value is -2.96. The molecule has 0 spiro atoms. The van der Waals surface area contributed by atoms with E-state index in [0.29, 0.717) is 11.2 Å². The molecule has 5 nitrogen and oxygen atoms in total. The highest BCUT2D eigenvalue weighted by Gasteiger charge is 2.35. The van der Waals surface area contributed by atoms with Crippen LogP contribution in [0.3, 0.4) is 0 Å². The molecule has 0 radical (unpaired) electrons. The van der Waals surface area contributed by atoms with Gasteiger partial charge in [0, 0.05) is 11.6 Å². The number of para-hydroxylation sites is 1. The van der Waals surface area contributed by atoms with Crippen LogP contribution in [0, 0.1) is 0 Å². The van der Waals surface area contributed by atoms with E-state index in [1.165, 1.54) is 3.97 Å². The van der Waals surface area contributed by atoms with Crippen LogP contribution in [0.5, 0.6) is 0 Å². The van der Waals surface area contributed by atoms with Crippen molar-refractivity contribution in [2.45, 2.75) is 17.4 Å². The smallest absolute Gasteiger partial charge is 0.268 e. The van der Waals surface area contributed by atoms with Crippen molar-refractivity contribution in [3.63, 3.8) is 0 Å². The minimum Gasteiger partial charge on any atom is -0.377 e. The van der Waals surface area contributed by atoms with Crippen molar-refractivity contribution in [1.82, 2.24) is 8.96 Å². The molecule has 4 rings (SSSR count). The van der Waals surface area contributed by atoms with Gasteiger partial charge < -0.3 is 5.11 Å². The van der Waals surface area contributed by atoms with Gasteiger partial charge in [-0.2, -0.15) is 0 Å². The Morgan fingerprint density at radius 1 is 0.926 bits per heavy atom. The van der Waals surface area contributed by atoms with Gasteiger partial charge in [-0.1, -0.05) is 42.5 Å². The molecule has 0 amide bonds. The lowest BCUT2D eigenvalue weighted by atomic mass is 9.97. The second kappa shape index (κ2) is 6.33. The number of rotatable bonds is 4. The fraction of sp³-hybridized carbons (Fsp3) is 0.0952. The van der Waals surface area contributed by atoms with Crippen molar-refractivity contribution < 1.29 is 13.5 Å². The zero-order valence-electron chi connectivity index (χ0n) is 14.6. The maximum atomic E-state index is 13.4. The van der Waals surface area contributed by atoms with E-state index >= 15 is 0 Å². The van der Waals surface area contributed by atoms with Crippen molar-refractivity contribution in [1.29, 1.82) is 0 Å². The lowest BCUT2D eigenvalue weighted by molar-refractivity contribution is 0.0921. The van der Waals surface area contributed by atoms with Crippen LogP contribution in [-0.4, -0.2) is 22.5 Å². The van der Waals surface area contributed by atoms with E-state index in [1.54, 1.807) is 79.9 Å². The normalized spacial score (nSPS) is 14.1. The molecular weight excluding hydrogens is 360 g/mol. The average molecular weight is 378 g/mol. The first-order chi connectivity index (χ1) is 12.9. The van der Waals surface area contributed by atoms with Gasteiger partial charge in [-0.05, 0) is 43.3 Å². The Bertz CT molecular complexity index is 1200. The van der Waals surface area contributed by atoms with Gasteiger partial charge in [0.1, 0.15) is 5.60 Å². The summed E-state index contributed by atoms with van der Waals surface area (Å²) >= 11 is 0. The minimum atomic E-state index is -3.92. The summed E-state index contributed by atoms with van der Waals surface area (Å²) in [7, 11) is -3.92. The first-order valence-electron chi connectivity index (χ1n) is 8.48. The highest BCUT2D eigenvalue weighted by molar-refractivity contribution is 7.90. The SMILES string of the molecule is CC(O)(c1ccccn1)c1cc2ccccc2n1S(=O)(=O)c1ccccc1. The molecule has 2 aromatic carbocycles. The minimum absolute atomic E-state index is 0.157. The van der Waals surface area contributed by atoms with Crippen molar-refractivity contribution in [3.8, 4) is 0 Å². The van der Waals surface area contributed by atoms with Gasteiger partial charge >= 0.3 is 0 Å². The molecule has 27 heavy (non-hydrogen) atoms. The van der Waals surface area contributed by atoms with E-state index in [0.717, 1.165) is 5.39 Å². The van der Waals surface area contributed by atoms with Gasteiger partial charge in [-0.15, -0.1) is 0 Å². The monoisotopic (exact) mass is 378 g/mol. The summed E-state index contributed by atoms with van der Waals surface area (Å²) in [5, 5.41) is 12.0. The second-order valence-corrected chi connectivity index (χ2v) is 8.24. The number of aliphatic hydroxyl groups is 1. The predicted molar refractivity (Wildman–Crippen MR) is 104 cm³/mol. The van der Waals surface area contributed by atoms with E-state index in [9.17, 15) is 13.5 Å². The molecule has 6 heteroatoms. The number of fused-ring (bicyclic) bond motifs is 1. The summed E-state index contributed by atoms with van der Waals surface area (Å²) in [5.74, 6) is 0. The van der Waals surface area contributed by atoms with E-state index in [2.05, 4.69) is 4.98 Å². The molecule has 0 bridgehead atoms. The second-order valence-electron chi connectivity index (χ2n) is 6.46. The Balaban J connectivity index is 2.05. The highest BCUT2D eigenvalue weighted by Crippen LogP contribution is 2.35. The van der Waals surface area contributed by atoms with Crippen molar-refractivity contribution >= 4 is 20.9 Å². The molecule has 136 valence electrons. The Labute approximate surface area is 157 Å². The number of hydrogen-bond donors (Lipinski definition) is 1. The largest absolute Gasteiger partial charge is 0.377 e. The van der Waals surface area contributed by atoms with Gasteiger partial charge in [0.05, 0.1) is 21.8 Å². The standard InChI is InChI=1S/C21H18N2O3S/c1-21(24,19-13-7-8-14-22-19)20-15-16-9-5-6-12-18(16)23(20)27(25,26)17-10-3-2-4-11-17/h2-15,24H,1H3. The molecule has 2 aromatic heterocycles. The third kappa shape index (κ3) is 2.83. The van der Waals surface area contributed by atoms with Crippen molar-refractivity contribution in [3.05, 3.63) is 96.4 Å². The molecule has 0 saturated carbocycles. The van der Waals surface area contributed by atoms with Crippen LogP contribution in [0.15, 0.2) is 90.0 Å². The number of pyridine rings is 1. The summed E-state index contributed by atoms with van der Waals surface area (Å²) in [4.78, 5) is 4.39. The lowest BCUT2D eigenvalue weighted by Gasteiger charge is -2.25. The molecule has 0 saturated heterocycles. The Morgan fingerprint density at radius 3 is 2.30 bits per heavy atom. The summed E-state index contributed by atoms with van der Waals surface area (Å²) in [5.41, 5.74) is -0.474.